The number of ether oxygens (including phenoxy) is 1. The minimum absolute atomic E-state index is 0.219. The summed E-state index contributed by atoms with van der Waals surface area (Å²) < 4.78 is 32.4. The molecule has 0 aromatic heterocycles. The number of hydrogen-bond donors (Lipinski definition) is 1. The molecule has 156 valence electrons. The molecule has 1 aliphatic heterocycles. The first kappa shape index (κ1) is 21.9. The van der Waals surface area contributed by atoms with Crippen LogP contribution in [0, 0.1) is 5.92 Å². The number of halogens is 2. The Kier molecular flexibility index (Phi) is 7.05. The summed E-state index contributed by atoms with van der Waals surface area (Å²) in [5.74, 6) is 0.549. The van der Waals surface area contributed by atoms with Gasteiger partial charge in [0.1, 0.15) is 5.75 Å². The van der Waals surface area contributed by atoms with Gasteiger partial charge in [-0.1, -0.05) is 30.1 Å². The Morgan fingerprint density at radius 1 is 1.14 bits per heavy atom. The molecule has 0 atom stereocenters. The van der Waals surface area contributed by atoms with Crippen molar-refractivity contribution in [3.63, 3.8) is 0 Å². The van der Waals surface area contributed by atoms with E-state index in [9.17, 15) is 13.2 Å². The molecule has 2 aromatic rings. The molecule has 0 bridgehead atoms. The Morgan fingerprint density at radius 3 is 2.41 bits per heavy atom. The fourth-order valence-electron chi connectivity index (χ4n) is 3.01. The van der Waals surface area contributed by atoms with Crippen molar-refractivity contribution >= 4 is 44.8 Å². The Balaban J connectivity index is 1.57. The second-order valence-corrected chi connectivity index (χ2v) is 9.80. The molecule has 1 saturated heterocycles. The lowest BCUT2D eigenvalue weighted by Crippen LogP contribution is -2.37. The van der Waals surface area contributed by atoms with E-state index in [1.54, 1.807) is 24.3 Å². The van der Waals surface area contributed by atoms with Gasteiger partial charge in [-0.3, -0.25) is 4.79 Å². The molecule has 1 amide bonds. The van der Waals surface area contributed by atoms with Crippen molar-refractivity contribution < 1.29 is 17.9 Å². The molecule has 2 aromatic carbocycles. The topological polar surface area (TPSA) is 75.7 Å². The lowest BCUT2D eigenvalue weighted by atomic mass is 10.0. The van der Waals surface area contributed by atoms with Crippen LogP contribution in [0.1, 0.15) is 19.8 Å². The highest BCUT2D eigenvalue weighted by Gasteiger charge is 2.27. The van der Waals surface area contributed by atoms with Crippen LogP contribution in [-0.2, 0) is 14.8 Å². The number of rotatable bonds is 6. The Hall–Kier alpha value is -1.80. The fourth-order valence-corrected chi connectivity index (χ4v) is 4.93. The highest BCUT2D eigenvalue weighted by Crippen LogP contribution is 2.26. The van der Waals surface area contributed by atoms with Gasteiger partial charge in [0.15, 0.2) is 6.61 Å². The molecule has 6 nitrogen and oxygen atoms in total. The summed E-state index contributed by atoms with van der Waals surface area (Å²) in [4.78, 5) is 12.3. The third-order valence-electron chi connectivity index (χ3n) is 4.78. The molecule has 3 rings (SSSR count). The van der Waals surface area contributed by atoms with Gasteiger partial charge in [-0.2, -0.15) is 4.31 Å². The highest BCUT2D eigenvalue weighted by molar-refractivity contribution is 7.89. The molecule has 1 aliphatic rings. The van der Waals surface area contributed by atoms with Gasteiger partial charge >= 0.3 is 0 Å². The van der Waals surface area contributed by atoms with Gasteiger partial charge in [0, 0.05) is 18.1 Å². The van der Waals surface area contributed by atoms with E-state index in [-0.39, 0.29) is 11.5 Å². The van der Waals surface area contributed by atoms with Crippen LogP contribution in [0.2, 0.25) is 10.0 Å². The zero-order valence-corrected chi connectivity index (χ0v) is 18.2. The minimum Gasteiger partial charge on any atom is -0.484 e. The maximum Gasteiger partial charge on any atom is 0.262 e. The number of amides is 1. The van der Waals surface area contributed by atoms with Crippen LogP contribution in [0.5, 0.6) is 5.75 Å². The van der Waals surface area contributed by atoms with Crippen molar-refractivity contribution in [2.45, 2.75) is 24.7 Å². The Bertz CT molecular complexity index is 972. The molecule has 9 heteroatoms. The summed E-state index contributed by atoms with van der Waals surface area (Å²) in [6.07, 6.45) is 1.74. The van der Waals surface area contributed by atoms with Crippen molar-refractivity contribution in [2.24, 2.45) is 5.92 Å². The van der Waals surface area contributed by atoms with Crippen molar-refractivity contribution in [1.29, 1.82) is 0 Å². The number of nitrogens with zero attached hydrogens (tertiary/aromatic N) is 1. The van der Waals surface area contributed by atoms with Crippen LogP contribution < -0.4 is 10.1 Å². The number of hydrogen-bond acceptors (Lipinski definition) is 4. The van der Waals surface area contributed by atoms with E-state index >= 15 is 0 Å². The summed E-state index contributed by atoms with van der Waals surface area (Å²) in [5, 5.41) is 3.43. The average Bonchev–Trinajstić information content (AvgIpc) is 2.69. The number of piperidine rings is 1. The molecule has 1 fully saturated rings. The van der Waals surface area contributed by atoms with Crippen molar-refractivity contribution in [1.82, 2.24) is 4.31 Å². The molecule has 0 unspecified atom stereocenters. The lowest BCUT2D eigenvalue weighted by Gasteiger charge is -2.29. The number of benzene rings is 2. The average molecular weight is 457 g/mol. The van der Waals surface area contributed by atoms with Crippen LogP contribution in [0.15, 0.2) is 47.4 Å². The Labute approximate surface area is 180 Å². The molecule has 0 aliphatic carbocycles. The number of carbonyl (C=O) groups is 1. The predicted octanol–water partition coefficient (Wildman–Crippen LogP) is 4.43. The van der Waals surface area contributed by atoms with Crippen LogP contribution in [0.25, 0.3) is 0 Å². The van der Waals surface area contributed by atoms with Gasteiger partial charge in [-0.25, -0.2) is 8.42 Å². The van der Waals surface area contributed by atoms with Crippen molar-refractivity contribution in [3.8, 4) is 5.75 Å². The zero-order chi connectivity index (χ0) is 21.0. The van der Waals surface area contributed by atoms with Crippen LogP contribution in [0.4, 0.5) is 5.69 Å². The minimum atomic E-state index is -3.51. The van der Waals surface area contributed by atoms with E-state index in [2.05, 4.69) is 12.2 Å². The second kappa shape index (κ2) is 9.34. The molecule has 1 heterocycles. The van der Waals surface area contributed by atoms with E-state index in [0.717, 1.165) is 12.8 Å². The first-order valence-corrected chi connectivity index (χ1v) is 11.4. The lowest BCUT2D eigenvalue weighted by molar-refractivity contribution is -0.118. The van der Waals surface area contributed by atoms with Gasteiger partial charge in [-0.05, 0) is 61.2 Å². The summed E-state index contributed by atoms with van der Waals surface area (Å²) >= 11 is 11.8. The number of sulfonamides is 1. The second-order valence-electron chi connectivity index (χ2n) is 7.02. The van der Waals surface area contributed by atoms with E-state index in [0.29, 0.717) is 40.5 Å². The number of nitrogens with one attached hydrogen (secondary N) is 1. The first-order valence-electron chi connectivity index (χ1n) is 9.23. The molecule has 0 saturated carbocycles. The molecule has 0 spiro atoms. The Morgan fingerprint density at radius 2 is 1.79 bits per heavy atom. The molecule has 29 heavy (non-hydrogen) atoms. The summed E-state index contributed by atoms with van der Waals surface area (Å²) in [7, 11) is -3.51. The number of carbonyl (C=O) groups excluding carboxylic acids is 1. The van der Waals surface area contributed by atoms with Crippen LogP contribution in [0.3, 0.4) is 0 Å². The van der Waals surface area contributed by atoms with E-state index < -0.39 is 15.9 Å². The zero-order valence-electron chi connectivity index (χ0n) is 15.9. The SMILES string of the molecule is CC1CCN(S(=O)(=O)c2ccc(OCC(=O)Nc3ccc(Cl)cc3Cl)cc2)CC1. The van der Waals surface area contributed by atoms with Crippen LogP contribution in [-0.4, -0.2) is 38.3 Å². The molecule has 0 radical (unpaired) electrons. The summed E-state index contributed by atoms with van der Waals surface area (Å²) in [6.45, 7) is 2.96. The normalized spacial score (nSPS) is 15.8. The fraction of sp³-hybridized carbons (Fsp3) is 0.350. The standard InChI is InChI=1S/C20H22Cl2N2O4S/c1-14-8-10-24(11-9-14)29(26,27)17-5-3-16(4-6-17)28-13-20(25)23-19-7-2-15(21)12-18(19)22/h2-7,12,14H,8-11,13H2,1H3,(H,23,25). The van der Waals surface area contributed by atoms with Gasteiger partial charge in [0.05, 0.1) is 15.6 Å². The third kappa shape index (κ3) is 5.63. The maximum atomic E-state index is 12.7. The van der Waals surface area contributed by atoms with Crippen molar-refractivity contribution in [2.75, 3.05) is 25.0 Å². The third-order valence-corrected chi connectivity index (χ3v) is 7.24. The number of anilines is 1. The van der Waals surface area contributed by atoms with Crippen molar-refractivity contribution in [3.05, 3.63) is 52.5 Å². The van der Waals surface area contributed by atoms with Gasteiger partial charge in [-0.15, -0.1) is 0 Å². The first-order chi connectivity index (χ1) is 13.8. The maximum absolute atomic E-state index is 12.7. The molecular formula is C20H22Cl2N2O4S. The summed E-state index contributed by atoms with van der Waals surface area (Å²) in [6, 6.07) is 10.8. The monoisotopic (exact) mass is 456 g/mol. The van der Waals surface area contributed by atoms with E-state index in [1.807, 2.05) is 0 Å². The van der Waals surface area contributed by atoms with E-state index in [4.69, 9.17) is 27.9 Å². The molecule has 1 N–H and O–H groups in total. The summed E-state index contributed by atoms with van der Waals surface area (Å²) in [5.41, 5.74) is 0.432. The van der Waals surface area contributed by atoms with Gasteiger partial charge < -0.3 is 10.1 Å². The molecular weight excluding hydrogens is 435 g/mol. The van der Waals surface area contributed by atoms with E-state index in [1.165, 1.54) is 22.5 Å². The van der Waals surface area contributed by atoms with Gasteiger partial charge in [0.2, 0.25) is 10.0 Å². The van der Waals surface area contributed by atoms with Crippen LogP contribution >= 0.6 is 23.2 Å². The highest BCUT2D eigenvalue weighted by atomic mass is 35.5. The predicted molar refractivity (Wildman–Crippen MR) is 114 cm³/mol. The van der Waals surface area contributed by atoms with Gasteiger partial charge in [0.25, 0.3) is 5.91 Å². The quantitative estimate of drug-likeness (QED) is 0.697. The largest absolute Gasteiger partial charge is 0.484 e. The smallest absolute Gasteiger partial charge is 0.262 e.